The molecule has 2 aromatic rings. The SMILES string of the molecule is C=CCO[C@H]1C(CSO)S[C@H](COC(=O)c2ccc(C)cc2)[C@@H]1OC(=O)c1ccc(C)cc1. The van der Waals surface area contributed by atoms with Crippen molar-refractivity contribution in [1.82, 2.24) is 0 Å². The van der Waals surface area contributed by atoms with E-state index in [1.54, 1.807) is 30.3 Å². The number of hydrogen-bond donors (Lipinski definition) is 1. The highest BCUT2D eigenvalue weighted by Crippen LogP contribution is 2.40. The molecule has 1 saturated heterocycles. The smallest absolute Gasteiger partial charge is 0.338 e. The van der Waals surface area contributed by atoms with E-state index in [2.05, 4.69) is 6.58 Å². The highest BCUT2D eigenvalue weighted by molar-refractivity contribution is 8.02. The first kappa shape index (κ1) is 25.4. The second kappa shape index (κ2) is 12.3. The highest BCUT2D eigenvalue weighted by Gasteiger charge is 2.48. The highest BCUT2D eigenvalue weighted by atomic mass is 32.2. The van der Waals surface area contributed by atoms with Crippen LogP contribution in [0.15, 0.2) is 61.2 Å². The normalized spacial score (nSPS) is 22.0. The third-order valence-corrected chi connectivity index (χ3v) is 7.51. The molecule has 33 heavy (non-hydrogen) atoms. The van der Waals surface area contributed by atoms with E-state index >= 15 is 0 Å². The summed E-state index contributed by atoms with van der Waals surface area (Å²) in [5.41, 5.74) is 2.98. The zero-order valence-electron chi connectivity index (χ0n) is 18.6. The molecule has 1 unspecified atom stereocenters. The van der Waals surface area contributed by atoms with Gasteiger partial charge in [-0.15, -0.1) is 18.3 Å². The van der Waals surface area contributed by atoms with Crippen molar-refractivity contribution in [3.8, 4) is 0 Å². The molecule has 1 aliphatic heterocycles. The molecule has 1 N–H and O–H groups in total. The summed E-state index contributed by atoms with van der Waals surface area (Å²) < 4.78 is 26.8. The minimum atomic E-state index is -0.660. The van der Waals surface area contributed by atoms with E-state index < -0.39 is 24.1 Å². The summed E-state index contributed by atoms with van der Waals surface area (Å²) >= 11 is 2.19. The summed E-state index contributed by atoms with van der Waals surface area (Å²) in [6, 6.07) is 14.3. The van der Waals surface area contributed by atoms with E-state index in [1.807, 2.05) is 38.1 Å². The number of hydrogen-bond acceptors (Lipinski definition) is 8. The Hall–Kier alpha value is -2.26. The first-order chi connectivity index (χ1) is 15.9. The number of thioether (sulfide) groups is 1. The third kappa shape index (κ3) is 6.86. The molecule has 0 spiro atoms. The van der Waals surface area contributed by atoms with Crippen molar-refractivity contribution in [2.45, 2.75) is 36.6 Å². The van der Waals surface area contributed by atoms with Crippen LogP contribution in [0, 0.1) is 13.8 Å². The van der Waals surface area contributed by atoms with Gasteiger partial charge in [0.2, 0.25) is 0 Å². The van der Waals surface area contributed by atoms with Crippen molar-refractivity contribution in [3.63, 3.8) is 0 Å². The Morgan fingerprint density at radius 1 is 0.970 bits per heavy atom. The van der Waals surface area contributed by atoms with Gasteiger partial charge in [0.1, 0.15) is 18.8 Å². The Labute approximate surface area is 202 Å². The summed E-state index contributed by atoms with van der Waals surface area (Å²) in [5, 5.41) is -0.500. The van der Waals surface area contributed by atoms with E-state index in [-0.39, 0.29) is 23.7 Å². The van der Waals surface area contributed by atoms with Crippen molar-refractivity contribution in [2.75, 3.05) is 19.0 Å². The molecule has 1 fully saturated rings. The largest absolute Gasteiger partial charge is 0.461 e. The van der Waals surface area contributed by atoms with Crippen LogP contribution in [0.3, 0.4) is 0 Å². The van der Waals surface area contributed by atoms with E-state index in [9.17, 15) is 14.1 Å². The van der Waals surface area contributed by atoms with Gasteiger partial charge in [-0.05, 0) is 50.2 Å². The van der Waals surface area contributed by atoms with Crippen molar-refractivity contribution in [1.29, 1.82) is 0 Å². The molecule has 0 amide bonds. The van der Waals surface area contributed by atoms with Crippen LogP contribution in [-0.2, 0) is 14.2 Å². The van der Waals surface area contributed by atoms with Gasteiger partial charge in [-0.2, -0.15) is 0 Å². The molecule has 0 radical (unpaired) electrons. The maximum atomic E-state index is 12.9. The molecular weight excluding hydrogens is 460 g/mol. The van der Waals surface area contributed by atoms with Gasteiger partial charge < -0.3 is 18.8 Å². The van der Waals surface area contributed by atoms with Crippen LogP contribution < -0.4 is 0 Å². The fourth-order valence-corrected chi connectivity index (χ4v) is 5.66. The number of ether oxygens (including phenoxy) is 3. The van der Waals surface area contributed by atoms with Crippen LogP contribution in [-0.4, -0.2) is 58.2 Å². The average Bonchev–Trinajstić information content (AvgIpc) is 3.12. The summed E-state index contributed by atoms with van der Waals surface area (Å²) in [6.07, 6.45) is 0.481. The second-order valence-electron chi connectivity index (χ2n) is 7.80. The number of aryl methyl sites for hydroxylation is 2. The summed E-state index contributed by atoms with van der Waals surface area (Å²) in [4.78, 5) is 25.4. The number of rotatable bonds is 10. The van der Waals surface area contributed by atoms with Crippen molar-refractivity contribution in [3.05, 3.63) is 83.4 Å². The van der Waals surface area contributed by atoms with Gasteiger partial charge in [-0.25, -0.2) is 9.59 Å². The van der Waals surface area contributed by atoms with Crippen LogP contribution in [0.1, 0.15) is 31.8 Å². The lowest BCUT2D eigenvalue weighted by atomic mass is 10.1. The van der Waals surface area contributed by atoms with Crippen LogP contribution in [0.2, 0.25) is 0 Å². The summed E-state index contributed by atoms with van der Waals surface area (Å²) in [6.45, 7) is 7.89. The quantitative estimate of drug-likeness (QED) is 0.286. The van der Waals surface area contributed by atoms with Crippen molar-refractivity contribution >= 4 is 35.7 Å². The van der Waals surface area contributed by atoms with Gasteiger partial charge in [-0.1, -0.05) is 41.5 Å². The van der Waals surface area contributed by atoms with E-state index in [4.69, 9.17) is 14.2 Å². The Bertz CT molecular complexity index is 944. The van der Waals surface area contributed by atoms with Crippen LogP contribution in [0.25, 0.3) is 0 Å². The number of carbonyl (C=O) groups excluding carboxylic acids is 2. The van der Waals surface area contributed by atoms with Crippen molar-refractivity contribution in [2.24, 2.45) is 0 Å². The summed E-state index contributed by atoms with van der Waals surface area (Å²) in [7, 11) is 0. The minimum Gasteiger partial charge on any atom is -0.461 e. The minimum absolute atomic E-state index is 0.0454. The average molecular weight is 489 g/mol. The van der Waals surface area contributed by atoms with Gasteiger partial charge in [-0.3, -0.25) is 0 Å². The van der Waals surface area contributed by atoms with Gasteiger partial charge in [0.05, 0.1) is 23.0 Å². The second-order valence-corrected chi connectivity index (χ2v) is 9.87. The Morgan fingerprint density at radius 3 is 2.09 bits per heavy atom. The van der Waals surface area contributed by atoms with Gasteiger partial charge in [0.25, 0.3) is 0 Å². The van der Waals surface area contributed by atoms with Crippen LogP contribution in [0.5, 0.6) is 0 Å². The monoisotopic (exact) mass is 488 g/mol. The molecule has 0 saturated carbocycles. The van der Waals surface area contributed by atoms with E-state index in [0.717, 1.165) is 11.1 Å². The van der Waals surface area contributed by atoms with E-state index in [1.165, 1.54) is 11.8 Å². The maximum absolute atomic E-state index is 12.9. The van der Waals surface area contributed by atoms with Crippen LogP contribution in [0.4, 0.5) is 0 Å². The molecule has 1 heterocycles. The topological polar surface area (TPSA) is 82.1 Å². The first-order valence-electron chi connectivity index (χ1n) is 10.6. The zero-order chi connectivity index (χ0) is 23.8. The lowest BCUT2D eigenvalue weighted by Crippen LogP contribution is -2.41. The summed E-state index contributed by atoms with van der Waals surface area (Å²) in [5.74, 6) is -0.532. The molecule has 2 aromatic carbocycles. The molecule has 0 aromatic heterocycles. The van der Waals surface area contributed by atoms with Crippen LogP contribution >= 0.6 is 23.8 Å². The lowest BCUT2D eigenvalue weighted by molar-refractivity contribution is -0.0426. The number of carbonyl (C=O) groups is 2. The lowest BCUT2D eigenvalue weighted by Gasteiger charge is -2.25. The fraction of sp³-hybridized carbons (Fsp3) is 0.360. The molecule has 1 aliphatic rings. The molecule has 3 rings (SSSR count). The zero-order valence-corrected chi connectivity index (χ0v) is 20.3. The molecular formula is C25H28O6S2. The van der Waals surface area contributed by atoms with Gasteiger partial charge in [0, 0.05) is 11.0 Å². The standard InChI is InChI=1S/C25H28O6S2/c1-4-13-29-22-21(15-32-28)33-20(14-30-24(26)18-9-5-16(2)6-10-18)23(22)31-25(27)19-11-7-17(3)8-12-19/h4-12,20-23,28H,1,13-15H2,2-3H3/t20-,21?,22+,23+/m1/s1. The predicted octanol–water partition coefficient (Wildman–Crippen LogP) is 4.95. The molecule has 8 heteroatoms. The molecule has 4 atom stereocenters. The predicted molar refractivity (Wildman–Crippen MR) is 132 cm³/mol. The molecule has 6 nitrogen and oxygen atoms in total. The Balaban J connectivity index is 1.76. The Kier molecular flexibility index (Phi) is 9.43. The Morgan fingerprint density at radius 2 is 1.55 bits per heavy atom. The molecule has 0 bridgehead atoms. The number of esters is 2. The fourth-order valence-electron chi connectivity index (χ4n) is 3.48. The van der Waals surface area contributed by atoms with Gasteiger partial charge >= 0.3 is 11.9 Å². The van der Waals surface area contributed by atoms with Crippen molar-refractivity contribution < 1.29 is 28.4 Å². The molecule has 176 valence electrons. The molecule has 0 aliphatic carbocycles. The number of benzene rings is 2. The third-order valence-electron chi connectivity index (χ3n) is 5.25. The maximum Gasteiger partial charge on any atom is 0.338 e. The van der Waals surface area contributed by atoms with Gasteiger partial charge in [0.15, 0.2) is 0 Å². The first-order valence-corrected chi connectivity index (χ1v) is 12.5. The van der Waals surface area contributed by atoms with E-state index in [0.29, 0.717) is 28.9 Å².